The van der Waals surface area contributed by atoms with Crippen LogP contribution in [0.1, 0.15) is 5.69 Å². The van der Waals surface area contributed by atoms with E-state index in [9.17, 15) is 18.4 Å². The second-order valence-corrected chi connectivity index (χ2v) is 5.89. The summed E-state index contributed by atoms with van der Waals surface area (Å²) in [6.07, 6.45) is 0. The number of aryl methyl sites for hydroxylation is 1. The molecule has 1 aromatic heterocycles. The number of nitrogens with one attached hydrogen (secondary N) is 1. The SMILES string of the molecule is COc1ccc(NC(=O)Cn2nc(C)c3ccccc3c2=O)cc1OC(F)F. The number of rotatable bonds is 6. The summed E-state index contributed by atoms with van der Waals surface area (Å²) in [5, 5.41) is 7.87. The van der Waals surface area contributed by atoms with Gasteiger partial charge in [-0.25, -0.2) is 4.68 Å². The Morgan fingerprint density at radius 1 is 1.18 bits per heavy atom. The van der Waals surface area contributed by atoms with E-state index in [-0.39, 0.29) is 23.7 Å². The number of ether oxygens (including phenoxy) is 2. The highest BCUT2D eigenvalue weighted by Crippen LogP contribution is 2.31. The van der Waals surface area contributed by atoms with Crippen molar-refractivity contribution in [2.75, 3.05) is 12.4 Å². The van der Waals surface area contributed by atoms with Crippen LogP contribution in [0.5, 0.6) is 11.5 Å². The molecule has 0 radical (unpaired) electrons. The molecule has 7 nitrogen and oxygen atoms in total. The van der Waals surface area contributed by atoms with Crippen molar-refractivity contribution in [2.24, 2.45) is 0 Å². The van der Waals surface area contributed by atoms with Crippen LogP contribution in [0.2, 0.25) is 0 Å². The van der Waals surface area contributed by atoms with E-state index in [1.807, 2.05) is 0 Å². The number of alkyl halides is 2. The summed E-state index contributed by atoms with van der Waals surface area (Å²) in [5.74, 6) is -0.661. The molecule has 0 aliphatic heterocycles. The van der Waals surface area contributed by atoms with Crippen LogP contribution < -0.4 is 20.3 Å². The number of carbonyl (C=O) groups excluding carboxylic acids is 1. The van der Waals surface area contributed by atoms with Crippen LogP contribution in [0.25, 0.3) is 10.8 Å². The van der Waals surface area contributed by atoms with E-state index in [1.165, 1.54) is 25.3 Å². The second-order valence-electron chi connectivity index (χ2n) is 5.89. The van der Waals surface area contributed by atoms with Gasteiger partial charge in [-0.3, -0.25) is 9.59 Å². The highest BCUT2D eigenvalue weighted by atomic mass is 19.3. The fraction of sp³-hybridized carbons (Fsp3) is 0.211. The first-order chi connectivity index (χ1) is 13.4. The average Bonchev–Trinajstić information content (AvgIpc) is 2.65. The van der Waals surface area contributed by atoms with Gasteiger partial charge >= 0.3 is 6.61 Å². The molecule has 1 N–H and O–H groups in total. The number of hydrogen-bond donors (Lipinski definition) is 1. The van der Waals surface area contributed by atoms with E-state index in [2.05, 4.69) is 15.2 Å². The maximum atomic E-state index is 12.5. The van der Waals surface area contributed by atoms with Gasteiger partial charge in [0, 0.05) is 17.1 Å². The number of hydrogen-bond acceptors (Lipinski definition) is 5. The average molecular weight is 389 g/mol. The van der Waals surface area contributed by atoms with Crippen molar-refractivity contribution < 1.29 is 23.0 Å². The van der Waals surface area contributed by atoms with Gasteiger partial charge in [0.1, 0.15) is 6.54 Å². The maximum Gasteiger partial charge on any atom is 0.387 e. The second kappa shape index (κ2) is 8.03. The molecule has 3 aromatic rings. The van der Waals surface area contributed by atoms with Gasteiger partial charge in [0.25, 0.3) is 5.56 Å². The molecule has 0 unspecified atom stereocenters. The molecule has 146 valence electrons. The van der Waals surface area contributed by atoms with Crippen molar-refractivity contribution in [1.29, 1.82) is 0 Å². The molecule has 9 heteroatoms. The van der Waals surface area contributed by atoms with Crippen LogP contribution in [0.15, 0.2) is 47.3 Å². The normalized spacial score (nSPS) is 10.9. The summed E-state index contributed by atoms with van der Waals surface area (Å²) in [5.41, 5.74) is 0.430. The van der Waals surface area contributed by atoms with E-state index in [4.69, 9.17) is 4.74 Å². The number of halogens is 2. The van der Waals surface area contributed by atoms with E-state index in [0.717, 1.165) is 4.68 Å². The third kappa shape index (κ3) is 4.08. The van der Waals surface area contributed by atoms with Crippen molar-refractivity contribution in [3.63, 3.8) is 0 Å². The molecule has 0 atom stereocenters. The molecule has 0 bridgehead atoms. The minimum atomic E-state index is -3.04. The van der Waals surface area contributed by atoms with Crippen molar-refractivity contribution >= 4 is 22.4 Å². The molecule has 1 heterocycles. The molecule has 0 saturated carbocycles. The van der Waals surface area contributed by atoms with Crippen LogP contribution in [0, 0.1) is 6.92 Å². The highest BCUT2D eigenvalue weighted by Gasteiger charge is 2.14. The number of methoxy groups -OCH3 is 1. The van der Waals surface area contributed by atoms with Crippen LogP contribution in [0.4, 0.5) is 14.5 Å². The lowest BCUT2D eigenvalue weighted by molar-refractivity contribution is -0.117. The lowest BCUT2D eigenvalue weighted by Gasteiger charge is -2.13. The Morgan fingerprint density at radius 3 is 2.57 bits per heavy atom. The Kier molecular flexibility index (Phi) is 5.53. The molecular formula is C19H17F2N3O4. The van der Waals surface area contributed by atoms with Crippen molar-refractivity contribution in [3.8, 4) is 11.5 Å². The molecule has 0 aliphatic carbocycles. The lowest BCUT2D eigenvalue weighted by atomic mass is 10.1. The zero-order valence-corrected chi connectivity index (χ0v) is 15.1. The number of carbonyl (C=O) groups is 1. The fourth-order valence-electron chi connectivity index (χ4n) is 2.79. The van der Waals surface area contributed by atoms with Crippen LogP contribution in [-0.4, -0.2) is 29.4 Å². The van der Waals surface area contributed by atoms with Crippen LogP contribution in [0.3, 0.4) is 0 Å². The van der Waals surface area contributed by atoms with E-state index in [0.29, 0.717) is 16.5 Å². The molecule has 0 fully saturated rings. The van der Waals surface area contributed by atoms with Crippen molar-refractivity contribution in [1.82, 2.24) is 9.78 Å². The fourth-order valence-corrected chi connectivity index (χ4v) is 2.79. The number of anilines is 1. The van der Waals surface area contributed by atoms with E-state index >= 15 is 0 Å². The van der Waals surface area contributed by atoms with Crippen molar-refractivity contribution in [3.05, 3.63) is 58.5 Å². The third-order valence-electron chi connectivity index (χ3n) is 4.01. The number of fused-ring (bicyclic) bond motifs is 1. The van der Waals surface area contributed by atoms with Gasteiger partial charge in [-0.1, -0.05) is 18.2 Å². The van der Waals surface area contributed by atoms with E-state index < -0.39 is 18.1 Å². The summed E-state index contributed by atoms with van der Waals surface area (Å²) in [7, 11) is 1.31. The summed E-state index contributed by atoms with van der Waals surface area (Å²) in [4.78, 5) is 24.9. The quantitative estimate of drug-likeness (QED) is 0.701. The molecule has 28 heavy (non-hydrogen) atoms. The molecule has 2 aromatic carbocycles. The Balaban J connectivity index is 1.82. The minimum absolute atomic E-state index is 0.0985. The molecule has 0 spiro atoms. The van der Waals surface area contributed by atoms with Gasteiger partial charge in [0.05, 0.1) is 18.2 Å². The molecule has 0 saturated heterocycles. The van der Waals surface area contributed by atoms with Gasteiger partial charge < -0.3 is 14.8 Å². The largest absolute Gasteiger partial charge is 0.493 e. The molecule has 0 aliphatic rings. The zero-order valence-electron chi connectivity index (χ0n) is 15.1. The first-order valence-corrected chi connectivity index (χ1v) is 8.28. The number of amides is 1. The first kappa shape index (κ1) is 19.3. The third-order valence-corrected chi connectivity index (χ3v) is 4.01. The molecule has 1 amide bonds. The minimum Gasteiger partial charge on any atom is -0.493 e. The predicted molar refractivity (Wildman–Crippen MR) is 99.0 cm³/mol. The van der Waals surface area contributed by atoms with Crippen LogP contribution >= 0.6 is 0 Å². The summed E-state index contributed by atoms with van der Waals surface area (Å²) >= 11 is 0. The van der Waals surface area contributed by atoms with Gasteiger partial charge in [-0.05, 0) is 25.1 Å². The van der Waals surface area contributed by atoms with Gasteiger partial charge in [0.15, 0.2) is 11.5 Å². The van der Waals surface area contributed by atoms with Crippen LogP contribution in [-0.2, 0) is 11.3 Å². The Morgan fingerprint density at radius 2 is 1.89 bits per heavy atom. The number of benzene rings is 2. The summed E-state index contributed by atoms with van der Waals surface area (Å²) < 4.78 is 35.4. The smallest absolute Gasteiger partial charge is 0.387 e. The summed E-state index contributed by atoms with van der Waals surface area (Å²) in [6, 6.07) is 11.1. The van der Waals surface area contributed by atoms with E-state index in [1.54, 1.807) is 31.2 Å². The Hall–Kier alpha value is -3.49. The Labute approximate surface area is 158 Å². The summed E-state index contributed by atoms with van der Waals surface area (Å²) in [6.45, 7) is -1.63. The zero-order chi connectivity index (χ0) is 20.3. The lowest BCUT2D eigenvalue weighted by Crippen LogP contribution is -2.30. The standard InChI is InChI=1S/C19H17F2N3O4/c1-11-13-5-3-4-6-14(13)18(26)24(23-11)10-17(25)22-12-7-8-15(27-2)16(9-12)28-19(20)21/h3-9,19H,10H2,1-2H3,(H,22,25). The predicted octanol–water partition coefficient (Wildman–Crippen LogP) is 2.95. The van der Waals surface area contributed by atoms with Gasteiger partial charge in [-0.2, -0.15) is 13.9 Å². The Bertz CT molecular complexity index is 1080. The number of nitrogens with zero attached hydrogens (tertiary/aromatic N) is 2. The van der Waals surface area contributed by atoms with Crippen molar-refractivity contribution in [2.45, 2.75) is 20.1 Å². The maximum absolute atomic E-state index is 12.5. The number of aromatic nitrogens is 2. The topological polar surface area (TPSA) is 82.5 Å². The molecule has 3 rings (SSSR count). The van der Waals surface area contributed by atoms with Gasteiger partial charge in [0.2, 0.25) is 5.91 Å². The molecular weight excluding hydrogens is 372 g/mol. The first-order valence-electron chi connectivity index (χ1n) is 8.28. The monoisotopic (exact) mass is 389 g/mol. The van der Waals surface area contributed by atoms with Gasteiger partial charge in [-0.15, -0.1) is 0 Å². The highest BCUT2D eigenvalue weighted by molar-refractivity contribution is 5.91.